The molecule has 0 saturated carbocycles. The molecule has 2 rings (SSSR count). The van der Waals surface area contributed by atoms with Crippen LogP contribution in [0.3, 0.4) is 0 Å². The van der Waals surface area contributed by atoms with E-state index < -0.39 is 0 Å². The first-order valence-corrected chi connectivity index (χ1v) is 6.76. The summed E-state index contributed by atoms with van der Waals surface area (Å²) in [7, 11) is 1.71. The molecule has 0 N–H and O–H groups in total. The standard InChI is InChI=1S/C14H18ClNO3/c1-18-12-6-8-16(9-7-12)14(17)10-19-13-4-2-11(15)3-5-13/h2-5,12H,6-10H2,1H3. The predicted molar refractivity (Wildman–Crippen MR) is 73.6 cm³/mol. The molecule has 5 heteroatoms. The van der Waals surface area contributed by atoms with Crippen molar-refractivity contribution in [1.29, 1.82) is 0 Å². The summed E-state index contributed by atoms with van der Waals surface area (Å²) in [6.07, 6.45) is 2.06. The molecule has 1 amide bonds. The summed E-state index contributed by atoms with van der Waals surface area (Å²) in [5.74, 6) is 0.675. The molecule has 1 aliphatic rings. The van der Waals surface area contributed by atoms with Crippen molar-refractivity contribution in [3.05, 3.63) is 29.3 Å². The second-order valence-electron chi connectivity index (χ2n) is 4.56. The number of rotatable bonds is 4. The first-order valence-electron chi connectivity index (χ1n) is 6.38. The minimum absolute atomic E-state index is 0.0181. The Kier molecular flexibility index (Phi) is 5.05. The third kappa shape index (κ3) is 4.11. The fraction of sp³-hybridized carbons (Fsp3) is 0.500. The molecule has 104 valence electrons. The van der Waals surface area contributed by atoms with Crippen LogP contribution in [0.15, 0.2) is 24.3 Å². The van der Waals surface area contributed by atoms with E-state index in [0.717, 1.165) is 25.9 Å². The van der Waals surface area contributed by atoms with Crippen molar-refractivity contribution in [3.8, 4) is 5.75 Å². The van der Waals surface area contributed by atoms with Gasteiger partial charge in [0.25, 0.3) is 5.91 Å². The highest BCUT2D eigenvalue weighted by Gasteiger charge is 2.22. The normalized spacial score (nSPS) is 16.4. The minimum Gasteiger partial charge on any atom is -0.484 e. The number of hydrogen-bond donors (Lipinski definition) is 0. The van der Waals surface area contributed by atoms with E-state index in [4.69, 9.17) is 21.1 Å². The second-order valence-corrected chi connectivity index (χ2v) is 4.99. The summed E-state index contributed by atoms with van der Waals surface area (Å²) in [5, 5.41) is 0.653. The molecule has 0 atom stereocenters. The molecule has 4 nitrogen and oxygen atoms in total. The van der Waals surface area contributed by atoms with Crippen LogP contribution in [-0.4, -0.2) is 43.7 Å². The van der Waals surface area contributed by atoms with Gasteiger partial charge in [0.05, 0.1) is 6.10 Å². The zero-order valence-corrected chi connectivity index (χ0v) is 11.7. The van der Waals surface area contributed by atoms with Crippen molar-refractivity contribution in [2.24, 2.45) is 0 Å². The molecule has 19 heavy (non-hydrogen) atoms. The van der Waals surface area contributed by atoms with Gasteiger partial charge in [-0.2, -0.15) is 0 Å². The fourth-order valence-corrected chi connectivity index (χ4v) is 2.23. The van der Waals surface area contributed by atoms with E-state index in [-0.39, 0.29) is 18.6 Å². The quantitative estimate of drug-likeness (QED) is 0.851. The molecule has 1 aliphatic heterocycles. The van der Waals surface area contributed by atoms with E-state index in [2.05, 4.69) is 0 Å². The van der Waals surface area contributed by atoms with Gasteiger partial charge in [0.1, 0.15) is 5.75 Å². The van der Waals surface area contributed by atoms with Crippen LogP contribution in [0.5, 0.6) is 5.75 Å². The highest BCUT2D eigenvalue weighted by molar-refractivity contribution is 6.30. The Labute approximate surface area is 118 Å². The smallest absolute Gasteiger partial charge is 0.260 e. The zero-order chi connectivity index (χ0) is 13.7. The number of carbonyl (C=O) groups excluding carboxylic acids is 1. The van der Waals surface area contributed by atoms with Gasteiger partial charge in [0.2, 0.25) is 0 Å². The number of ether oxygens (including phenoxy) is 2. The van der Waals surface area contributed by atoms with Crippen LogP contribution in [0.2, 0.25) is 5.02 Å². The molecule has 1 saturated heterocycles. The summed E-state index contributed by atoms with van der Waals surface area (Å²) >= 11 is 5.78. The van der Waals surface area contributed by atoms with Gasteiger partial charge >= 0.3 is 0 Å². The third-order valence-electron chi connectivity index (χ3n) is 3.30. The first kappa shape index (κ1) is 14.2. The molecule has 1 aromatic carbocycles. The zero-order valence-electron chi connectivity index (χ0n) is 11.0. The lowest BCUT2D eigenvalue weighted by atomic mass is 10.1. The number of carbonyl (C=O) groups is 1. The Morgan fingerprint density at radius 2 is 1.95 bits per heavy atom. The average molecular weight is 284 g/mol. The summed E-state index contributed by atoms with van der Waals surface area (Å²) in [6, 6.07) is 7.00. The van der Waals surface area contributed by atoms with E-state index in [9.17, 15) is 4.79 Å². The molecule has 1 heterocycles. The minimum atomic E-state index is 0.0181. The van der Waals surface area contributed by atoms with Crippen LogP contribution in [0.1, 0.15) is 12.8 Å². The highest BCUT2D eigenvalue weighted by Crippen LogP contribution is 2.16. The number of methoxy groups -OCH3 is 1. The number of piperidine rings is 1. The Bertz CT molecular complexity index is 413. The summed E-state index contributed by atoms with van der Waals surface area (Å²) in [6.45, 7) is 1.54. The molecular weight excluding hydrogens is 266 g/mol. The first-order chi connectivity index (χ1) is 9.19. The van der Waals surface area contributed by atoms with Crippen LogP contribution in [0.4, 0.5) is 0 Å². The second kappa shape index (κ2) is 6.78. The molecule has 0 aliphatic carbocycles. The Morgan fingerprint density at radius 1 is 1.32 bits per heavy atom. The van der Waals surface area contributed by atoms with Crippen molar-refractivity contribution in [2.75, 3.05) is 26.8 Å². The van der Waals surface area contributed by atoms with Gasteiger partial charge in [-0.3, -0.25) is 4.79 Å². The van der Waals surface area contributed by atoms with Gasteiger partial charge < -0.3 is 14.4 Å². The van der Waals surface area contributed by atoms with Crippen molar-refractivity contribution in [3.63, 3.8) is 0 Å². The number of nitrogens with zero attached hydrogens (tertiary/aromatic N) is 1. The van der Waals surface area contributed by atoms with Crippen molar-refractivity contribution in [2.45, 2.75) is 18.9 Å². The van der Waals surface area contributed by atoms with Crippen LogP contribution >= 0.6 is 11.6 Å². The van der Waals surface area contributed by atoms with E-state index in [1.54, 1.807) is 31.4 Å². The fourth-order valence-electron chi connectivity index (χ4n) is 2.11. The Balaban J connectivity index is 1.77. The number of halogens is 1. The molecule has 1 aromatic rings. The molecule has 1 fully saturated rings. The maximum atomic E-state index is 12.0. The van der Waals surface area contributed by atoms with Crippen LogP contribution in [0, 0.1) is 0 Å². The lowest BCUT2D eigenvalue weighted by Crippen LogP contribution is -2.42. The molecule has 0 spiro atoms. The maximum absolute atomic E-state index is 12.0. The van der Waals surface area contributed by atoms with Gasteiger partial charge in [0.15, 0.2) is 6.61 Å². The van der Waals surface area contributed by atoms with E-state index in [0.29, 0.717) is 10.8 Å². The Morgan fingerprint density at radius 3 is 2.53 bits per heavy atom. The molecular formula is C14H18ClNO3. The third-order valence-corrected chi connectivity index (χ3v) is 3.56. The molecule has 0 bridgehead atoms. The van der Waals surface area contributed by atoms with Gasteiger partial charge in [-0.25, -0.2) is 0 Å². The van der Waals surface area contributed by atoms with E-state index >= 15 is 0 Å². The number of likely N-dealkylation sites (tertiary alicyclic amines) is 1. The van der Waals surface area contributed by atoms with Gasteiger partial charge in [0, 0.05) is 25.2 Å². The van der Waals surface area contributed by atoms with Crippen molar-refractivity contribution < 1.29 is 14.3 Å². The largest absolute Gasteiger partial charge is 0.484 e. The average Bonchev–Trinajstić information content (AvgIpc) is 2.46. The van der Waals surface area contributed by atoms with Crippen LogP contribution in [-0.2, 0) is 9.53 Å². The van der Waals surface area contributed by atoms with E-state index in [1.165, 1.54) is 0 Å². The number of amides is 1. The summed E-state index contributed by atoms with van der Waals surface area (Å²) in [5.41, 5.74) is 0. The SMILES string of the molecule is COC1CCN(C(=O)COc2ccc(Cl)cc2)CC1. The van der Waals surface area contributed by atoms with Gasteiger partial charge in [-0.1, -0.05) is 11.6 Å². The van der Waals surface area contributed by atoms with Crippen LogP contribution < -0.4 is 4.74 Å². The van der Waals surface area contributed by atoms with Gasteiger partial charge in [-0.15, -0.1) is 0 Å². The topological polar surface area (TPSA) is 38.8 Å². The lowest BCUT2D eigenvalue weighted by molar-refractivity contribution is -0.135. The summed E-state index contributed by atoms with van der Waals surface area (Å²) in [4.78, 5) is 13.8. The monoisotopic (exact) mass is 283 g/mol. The van der Waals surface area contributed by atoms with Crippen LogP contribution in [0.25, 0.3) is 0 Å². The maximum Gasteiger partial charge on any atom is 0.260 e. The Hall–Kier alpha value is -1.26. The number of benzene rings is 1. The number of hydrogen-bond acceptors (Lipinski definition) is 3. The van der Waals surface area contributed by atoms with E-state index in [1.807, 2.05) is 4.90 Å². The van der Waals surface area contributed by atoms with Crippen molar-refractivity contribution in [1.82, 2.24) is 4.90 Å². The molecule has 0 unspecified atom stereocenters. The highest BCUT2D eigenvalue weighted by atomic mass is 35.5. The predicted octanol–water partition coefficient (Wildman–Crippen LogP) is 2.36. The molecule has 0 radical (unpaired) electrons. The van der Waals surface area contributed by atoms with Crippen molar-refractivity contribution >= 4 is 17.5 Å². The summed E-state index contributed by atoms with van der Waals surface area (Å²) < 4.78 is 10.7. The lowest BCUT2D eigenvalue weighted by Gasteiger charge is -2.31. The molecule has 0 aromatic heterocycles. The van der Waals surface area contributed by atoms with Gasteiger partial charge in [-0.05, 0) is 37.1 Å².